The lowest BCUT2D eigenvalue weighted by molar-refractivity contribution is 0.669. The highest BCUT2D eigenvalue weighted by Crippen LogP contribution is 2.38. The van der Waals surface area contributed by atoms with Gasteiger partial charge in [-0.25, -0.2) is 15.0 Å². The van der Waals surface area contributed by atoms with E-state index in [0.29, 0.717) is 33.1 Å². The Morgan fingerprint density at radius 1 is 0.467 bits per heavy atom. The molecule has 2 heterocycles. The molecular formula is C41H25N3O. The van der Waals surface area contributed by atoms with Gasteiger partial charge < -0.3 is 4.42 Å². The molecule has 2 aromatic heterocycles. The molecule has 0 saturated carbocycles. The van der Waals surface area contributed by atoms with E-state index in [1.807, 2.05) is 42.5 Å². The van der Waals surface area contributed by atoms with Crippen LogP contribution in [0, 0.1) is 0 Å². The highest BCUT2D eigenvalue weighted by atomic mass is 16.3. The minimum atomic E-state index is -0.626. The van der Waals surface area contributed by atoms with Crippen LogP contribution in [0.5, 0.6) is 0 Å². The predicted octanol–water partition coefficient (Wildman–Crippen LogP) is 10.7. The molecule has 9 aromatic rings. The van der Waals surface area contributed by atoms with Crippen LogP contribution >= 0.6 is 0 Å². The Bertz CT molecular complexity index is 3210. The molecule has 0 atom stereocenters. The third-order valence-corrected chi connectivity index (χ3v) is 7.64. The quantitative estimate of drug-likeness (QED) is 0.205. The minimum Gasteiger partial charge on any atom is -0.456 e. The van der Waals surface area contributed by atoms with E-state index in [-0.39, 0.29) is 51.5 Å². The van der Waals surface area contributed by atoms with E-state index in [1.165, 1.54) is 6.07 Å². The van der Waals surface area contributed by atoms with Crippen LogP contribution in [0.15, 0.2) is 156 Å². The van der Waals surface area contributed by atoms with Crippen molar-refractivity contribution < 1.29 is 20.9 Å². The molecule has 4 nitrogen and oxygen atoms in total. The van der Waals surface area contributed by atoms with Gasteiger partial charge in [-0.15, -0.1) is 0 Å². The van der Waals surface area contributed by atoms with Gasteiger partial charge in [-0.3, -0.25) is 0 Å². The zero-order chi connectivity index (χ0) is 40.2. The molecule has 0 spiro atoms. The maximum Gasteiger partial charge on any atom is 0.164 e. The number of hydrogen-bond acceptors (Lipinski definition) is 4. The van der Waals surface area contributed by atoms with Gasteiger partial charge in [0, 0.05) is 27.5 Å². The SMILES string of the molecule is [2H]c1cc2c(cc1-c1ccc3ccccc3c1)oc1cccc(-c3nc(-c4cc([2H])c5c([2H])c([2H])c([2H])c([2H])c5c4[2H])nc(-c4c([2H])c([2H])c([2H])c([2H])c4[2H])n3)c12. The normalized spacial score (nSPS) is 15.3. The number of furan rings is 1. The molecule has 210 valence electrons. The van der Waals surface area contributed by atoms with Crippen molar-refractivity contribution in [3.8, 4) is 45.3 Å². The molecule has 0 unspecified atom stereocenters. The lowest BCUT2D eigenvalue weighted by Crippen LogP contribution is -2.00. The van der Waals surface area contributed by atoms with Crippen molar-refractivity contribution in [2.45, 2.75) is 0 Å². The highest BCUT2D eigenvalue weighted by Gasteiger charge is 2.18. The largest absolute Gasteiger partial charge is 0.456 e. The third-order valence-electron chi connectivity index (χ3n) is 7.64. The van der Waals surface area contributed by atoms with Gasteiger partial charge in [-0.1, -0.05) is 121 Å². The summed E-state index contributed by atoms with van der Waals surface area (Å²) in [6.45, 7) is 0. The first-order valence-electron chi connectivity index (χ1n) is 20.0. The number of aromatic nitrogens is 3. The molecule has 0 aliphatic heterocycles. The third kappa shape index (κ3) is 4.43. The topological polar surface area (TPSA) is 51.8 Å². The fraction of sp³-hybridized carbons (Fsp3) is 0. The van der Waals surface area contributed by atoms with E-state index < -0.39 is 60.4 Å². The Morgan fingerprint density at radius 2 is 1.24 bits per heavy atom. The summed E-state index contributed by atoms with van der Waals surface area (Å²) in [4.78, 5) is 13.9. The molecule has 0 bridgehead atoms. The average Bonchev–Trinajstić information content (AvgIpc) is 3.58. The maximum atomic E-state index is 9.16. The maximum absolute atomic E-state index is 9.16. The summed E-state index contributed by atoms with van der Waals surface area (Å²) in [5, 5.41) is 2.74. The zero-order valence-electron chi connectivity index (χ0n) is 35.3. The molecule has 0 N–H and O–H groups in total. The van der Waals surface area contributed by atoms with Crippen LogP contribution in [0.2, 0.25) is 0 Å². The van der Waals surface area contributed by atoms with Crippen molar-refractivity contribution in [2.24, 2.45) is 0 Å². The number of benzene rings is 7. The van der Waals surface area contributed by atoms with Gasteiger partial charge in [0.1, 0.15) is 11.2 Å². The van der Waals surface area contributed by atoms with Crippen LogP contribution in [-0.4, -0.2) is 15.0 Å². The fourth-order valence-electron chi connectivity index (χ4n) is 5.51. The second-order valence-electron chi connectivity index (χ2n) is 10.4. The second kappa shape index (κ2) is 10.2. The second-order valence-corrected chi connectivity index (χ2v) is 10.4. The molecular weight excluding hydrogens is 550 g/mol. The zero-order valence-corrected chi connectivity index (χ0v) is 23.3. The summed E-state index contributed by atoms with van der Waals surface area (Å²) in [5.41, 5.74) is 2.25. The van der Waals surface area contributed by atoms with Gasteiger partial charge in [-0.2, -0.15) is 0 Å². The summed E-state index contributed by atoms with van der Waals surface area (Å²) in [5.74, 6) is -0.641. The first-order chi connectivity index (χ1) is 27.2. The molecule has 0 saturated heterocycles. The van der Waals surface area contributed by atoms with Crippen LogP contribution in [0.4, 0.5) is 0 Å². The van der Waals surface area contributed by atoms with Gasteiger partial charge in [-0.05, 0) is 63.0 Å². The summed E-state index contributed by atoms with van der Waals surface area (Å²) >= 11 is 0. The van der Waals surface area contributed by atoms with E-state index >= 15 is 0 Å². The number of nitrogens with zero attached hydrogens (tertiary/aromatic N) is 3. The van der Waals surface area contributed by atoms with Crippen molar-refractivity contribution >= 4 is 43.5 Å². The monoisotopic (exact) mass is 587 g/mol. The van der Waals surface area contributed by atoms with E-state index in [1.54, 1.807) is 30.3 Å². The molecule has 7 aromatic carbocycles. The lowest BCUT2D eigenvalue weighted by atomic mass is 9.99. The van der Waals surface area contributed by atoms with Crippen LogP contribution in [0.1, 0.15) is 16.4 Å². The smallest absolute Gasteiger partial charge is 0.164 e. The summed E-state index contributed by atoms with van der Waals surface area (Å²) in [6.07, 6.45) is 0. The van der Waals surface area contributed by atoms with Gasteiger partial charge in [0.25, 0.3) is 0 Å². The number of fused-ring (bicyclic) bond motifs is 5. The Balaban J connectivity index is 1.32. The van der Waals surface area contributed by atoms with Crippen LogP contribution in [0.3, 0.4) is 0 Å². The first kappa shape index (κ1) is 16.1. The molecule has 4 heteroatoms. The van der Waals surface area contributed by atoms with Crippen LogP contribution in [-0.2, 0) is 0 Å². The standard InChI is InChI=1S/C41H25N3O/c1-2-11-28(12-3-1)39-42-40(33-20-18-27-10-5-7-14-30(27)24-33)44-41(43-39)35-15-8-16-36-38(35)34-22-21-32(25-37(34)45-36)31-19-17-26-9-4-6-13-29(26)23-31/h1-25H/i1D,2D,3D,5D,7D,10D,11D,12D,14D,18D,21D,24D. The van der Waals surface area contributed by atoms with Gasteiger partial charge in [0.15, 0.2) is 17.5 Å². The Hall–Kier alpha value is -6.13. The van der Waals surface area contributed by atoms with Crippen molar-refractivity contribution in [1.29, 1.82) is 0 Å². The summed E-state index contributed by atoms with van der Waals surface area (Å²) in [7, 11) is 0. The van der Waals surface area contributed by atoms with E-state index in [9.17, 15) is 0 Å². The number of rotatable bonds is 4. The molecule has 0 aliphatic carbocycles. The lowest BCUT2D eigenvalue weighted by Gasteiger charge is -2.10. The molecule has 45 heavy (non-hydrogen) atoms. The van der Waals surface area contributed by atoms with E-state index in [2.05, 4.69) is 9.97 Å². The van der Waals surface area contributed by atoms with Gasteiger partial charge in [0.05, 0.1) is 16.4 Å². The minimum absolute atomic E-state index is 0.0544. The van der Waals surface area contributed by atoms with Crippen molar-refractivity contribution in [1.82, 2.24) is 15.0 Å². The molecule has 0 radical (unpaired) electrons. The highest BCUT2D eigenvalue weighted by molar-refractivity contribution is 6.12. The van der Waals surface area contributed by atoms with Crippen LogP contribution < -0.4 is 0 Å². The Morgan fingerprint density at radius 3 is 2.13 bits per heavy atom. The first-order valence-corrected chi connectivity index (χ1v) is 14.0. The Kier molecular flexibility index (Phi) is 3.66. The fourth-order valence-corrected chi connectivity index (χ4v) is 5.51. The van der Waals surface area contributed by atoms with E-state index in [0.717, 1.165) is 16.3 Å². The van der Waals surface area contributed by atoms with Crippen molar-refractivity contribution in [3.05, 3.63) is 151 Å². The molecule has 9 rings (SSSR count). The molecule has 0 fully saturated rings. The van der Waals surface area contributed by atoms with Crippen molar-refractivity contribution in [2.75, 3.05) is 0 Å². The molecule has 0 amide bonds. The number of hydrogen-bond donors (Lipinski definition) is 0. The Labute approximate surface area is 276 Å². The van der Waals surface area contributed by atoms with Crippen molar-refractivity contribution in [3.63, 3.8) is 0 Å². The summed E-state index contributed by atoms with van der Waals surface area (Å²) in [6, 6.07) is 17.9. The van der Waals surface area contributed by atoms with Gasteiger partial charge in [0.2, 0.25) is 0 Å². The predicted molar refractivity (Wildman–Crippen MR) is 184 cm³/mol. The average molecular weight is 588 g/mol. The molecule has 0 aliphatic rings. The van der Waals surface area contributed by atoms with Crippen LogP contribution in [0.25, 0.3) is 88.8 Å². The summed E-state index contributed by atoms with van der Waals surface area (Å²) < 4.78 is 109. The van der Waals surface area contributed by atoms with Gasteiger partial charge >= 0.3 is 0 Å². The van der Waals surface area contributed by atoms with E-state index in [4.69, 9.17) is 25.9 Å².